The molecular weight excluding hydrogens is 408 g/mol. The third-order valence-electron chi connectivity index (χ3n) is 5.78. The Labute approximate surface area is 181 Å². The van der Waals surface area contributed by atoms with Gasteiger partial charge in [-0.2, -0.15) is 0 Å². The van der Waals surface area contributed by atoms with Crippen molar-refractivity contribution in [3.05, 3.63) is 29.8 Å². The van der Waals surface area contributed by atoms with Gasteiger partial charge in [0.1, 0.15) is 11.6 Å². The average Bonchev–Trinajstić information content (AvgIpc) is 3.23. The molecule has 8 nitrogen and oxygen atoms in total. The summed E-state index contributed by atoms with van der Waals surface area (Å²) < 4.78 is 32.5. The third-order valence-corrected chi connectivity index (χ3v) is 5.78. The van der Waals surface area contributed by atoms with Crippen LogP contribution in [0.25, 0.3) is 0 Å². The number of amides is 4. The van der Waals surface area contributed by atoms with Crippen LogP contribution in [0.15, 0.2) is 18.2 Å². The fourth-order valence-corrected chi connectivity index (χ4v) is 4.21. The van der Waals surface area contributed by atoms with Crippen molar-refractivity contribution in [1.82, 2.24) is 20.0 Å². The highest BCUT2D eigenvalue weighted by Crippen LogP contribution is 2.23. The first-order valence-electron chi connectivity index (χ1n) is 10.6. The van der Waals surface area contributed by atoms with Crippen LogP contribution in [0.1, 0.15) is 19.3 Å². The Morgan fingerprint density at radius 1 is 1.16 bits per heavy atom. The zero-order chi connectivity index (χ0) is 22.4. The SMILES string of the molecule is CN(C)C(=O)N1CCC(N(CCNC(=O)Nc2cc(F)ccc2F)C2CCOCC2)C1. The predicted molar refractivity (Wildman–Crippen MR) is 113 cm³/mol. The van der Waals surface area contributed by atoms with Crippen molar-refractivity contribution in [2.24, 2.45) is 0 Å². The summed E-state index contributed by atoms with van der Waals surface area (Å²) in [5.41, 5.74) is -0.201. The minimum atomic E-state index is -0.697. The number of ether oxygens (including phenoxy) is 1. The number of rotatable bonds is 6. The lowest BCUT2D eigenvalue weighted by Crippen LogP contribution is -2.50. The van der Waals surface area contributed by atoms with Crippen LogP contribution < -0.4 is 10.6 Å². The third kappa shape index (κ3) is 6.27. The Morgan fingerprint density at radius 3 is 2.61 bits per heavy atom. The second-order valence-corrected chi connectivity index (χ2v) is 8.15. The maximum Gasteiger partial charge on any atom is 0.319 e. The van der Waals surface area contributed by atoms with Gasteiger partial charge in [-0.05, 0) is 31.4 Å². The molecule has 2 N–H and O–H groups in total. The molecule has 31 heavy (non-hydrogen) atoms. The molecule has 2 aliphatic heterocycles. The number of benzene rings is 1. The smallest absolute Gasteiger partial charge is 0.319 e. The molecule has 0 aliphatic carbocycles. The molecule has 1 aromatic carbocycles. The van der Waals surface area contributed by atoms with Gasteiger partial charge in [-0.15, -0.1) is 0 Å². The van der Waals surface area contributed by atoms with E-state index >= 15 is 0 Å². The van der Waals surface area contributed by atoms with Gasteiger partial charge in [0, 0.05) is 71.6 Å². The van der Waals surface area contributed by atoms with Crippen molar-refractivity contribution in [3.63, 3.8) is 0 Å². The van der Waals surface area contributed by atoms with Gasteiger partial charge in [-0.1, -0.05) is 0 Å². The van der Waals surface area contributed by atoms with E-state index in [1.165, 1.54) is 0 Å². The van der Waals surface area contributed by atoms with Crippen LogP contribution in [0, 0.1) is 11.6 Å². The molecule has 10 heteroatoms. The van der Waals surface area contributed by atoms with Crippen molar-refractivity contribution in [2.45, 2.75) is 31.3 Å². The summed E-state index contributed by atoms with van der Waals surface area (Å²) in [5.74, 6) is -1.32. The number of carbonyl (C=O) groups is 2. The fraction of sp³-hybridized carbons (Fsp3) is 0.619. The van der Waals surface area contributed by atoms with Crippen molar-refractivity contribution in [1.29, 1.82) is 0 Å². The summed E-state index contributed by atoms with van der Waals surface area (Å²) in [7, 11) is 3.49. The van der Waals surface area contributed by atoms with Crippen LogP contribution in [0.5, 0.6) is 0 Å². The molecule has 1 unspecified atom stereocenters. The van der Waals surface area contributed by atoms with Crippen molar-refractivity contribution < 1.29 is 23.1 Å². The van der Waals surface area contributed by atoms with Crippen LogP contribution in [0.4, 0.5) is 24.1 Å². The predicted octanol–water partition coefficient (Wildman–Crippen LogP) is 2.32. The van der Waals surface area contributed by atoms with E-state index in [-0.39, 0.29) is 17.8 Å². The molecule has 3 rings (SSSR count). The molecule has 0 aromatic heterocycles. The fourth-order valence-electron chi connectivity index (χ4n) is 4.21. The Kier molecular flexibility index (Phi) is 8.03. The molecule has 172 valence electrons. The van der Waals surface area contributed by atoms with E-state index in [4.69, 9.17) is 4.74 Å². The molecule has 0 bridgehead atoms. The summed E-state index contributed by atoms with van der Waals surface area (Å²) >= 11 is 0. The van der Waals surface area contributed by atoms with E-state index in [9.17, 15) is 18.4 Å². The second-order valence-electron chi connectivity index (χ2n) is 8.15. The zero-order valence-corrected chi connectivity index (χ0v) is 18.1. The average molecular weight is 440 g/mol. The highest BCUT2D eigenvalue weighted by atomic mass is 19.1. The molecule has 2 aliphatic rings. The Bertz CT molecular complexity index is 773. The molecule has 2 heterocycles. The minimum absolute atomic E-state index is 0.00375. The van der Waals surface area contributed by atoms with E-state index in [0.717, 1.165) is 37.5 Å². The number of likely N-dealkylation sites (tertiary alicyclic amines) is 1. The largest absolute Gasteiger partial charge is 0.381 e. The first-order valence-corrected chi connectivity index (χ1v) is 10.6. The van der Waals surface area contributed by atoms with E-state index in [1.807, 2.05) is 4.90 Å². The normalized spacial score (nSPS) is 19.5. The van der Waals surface area contributed by atoms with Crippen LogP contribution in [-0.2, 0) is 4.74 Å². The molecule has 1 aromatic rings. The first-order chi connectivity index (χ1) is 14.8. The molecule has 1 atom stereocenters. The van der Waals surface area contributed by atoms with Gasteiger partial charge in [0.2, 0.25) is 0 Å². The summed E-state index contributed by atoms with van der Waals surface area (Å²) in [5, 5.41) is 5.07. The topological polar surface area (TPSA) is 77.2 Å². The number of carbonyl (C=O) groups excluding carboxylic acids is 2. The molecule has 0 spiro atoms. The highest BCUT2D eigenvalue weighted by molar-refractivity contribution is 5.89. The lowest BCUT2D eigenvalue weighted by molar-refractivity contribution is 0.0191. The number of urea groups is 2. The van der Waals surface area contributed by atoms with E-state index in [0.29, 0.717) is 45.4 Å². The van der Waals surface area contributed by atoms with E-state index in [2.05, 4.69) is 15.5 Å². The van der Waals surface area contributed by atoms with E-state index < -0.39 is 17.7 Å². The number of hydrogen-bond acceptors (Lipinski definition) is 4. The van der Waals surface area contributed by atoms with Crippen molar-refractivity contribution >= 4 is 17.7 Å². The number of halogens is 2. The molecule has 2 fully saturated rings. The molecule has 4 amide bonds. The van der Waals surface area contributed by atoms with Gasteiger partial charge in [0.15, 0.2) is 0 Å². The van der Waals surface area contributed by atoms with Gasteiger partial charge in [0.05, 0.1) is 5.69 Å². The number of nitrogens with zero attached hydrogens (tertiary/aromatic N) is 3. The summed E-state index contributed by atoms with van der Waals surface area (Å²) in [6, 6.07) is 2.85. The summed E-state index contributed by atoms with van der Waals surface area (Å²) in [4.78, 5) is 30.3. The van der Waals surface area contributed by atoms with Gasteiger partial charge in [-0.25, -0.2) is 18.4 Å². The Balaban J connectivity index is 1.56. The van der Waals surface area contributed by atoms with Crippen molar-refractivity contribution in [2.75, 3.05) is 58.8 Å². The number of nitrogens with one attached hydrogen (secondary N) is 2. The van der Waals surface area contributed by atoms with Gasteiger partial charge >= 0.3 is 12.1 Å². The summed E-state index contributed by atoms with van der Waals surface area (Å²) in [6.45, 7) is 3.68. The number of anilines is 1. The minimum Gasteiger partial charge on any atom is -0.381 e. The maximum absolute atomic E-state index is 13.7. The second kappa shape index (κ2) is 10.7. The standard InChI is InChI=1S/C21H31F2N5O3/c1-26(2)21(30)27-9-5-17(14-27)28(16-6-11-31-12-7-16)10-8-24-20(29)25-19-13-15(22)3-4-18(19)23/h3-4,13,16-17H,5-12,14H2,1-2H3,(H2,24,25,29). The first kappa shape index (κ1) is 23.2. The molecule has 0 radical (unpaired) electrons. The zero-order valence-electron chi connectivity index (χ0n) is 18.1. The summed E-state index contributed by atoms with van der Waals surface area (Å²) in [6.07, 6.45) is 2.68. The van der Waals surface area contributed by atoms with Crippen molar-refractivity contribution in [3.8, 4) is 0 Å². The van der Waals surface area contributed by atoms with Crippen LogP contribution in [-0.4, -0.2) is 92.3 Å². The van der Waals surface area contributed by atoms with Crippen LogP contribution >= 0.6 is 0 Å². The monoisotopic (exact) mass is 439 g/mol. The lowest BCUT2D eigenvalue weighted by Gasteiger charge is -2.38. The van der Waals surface area contributed by atoms with Crippen LogP contribution in [0.2, 0.25) is 0 Å². The maximum atomic E-state index is 13.7. The highest BCUT2D eigenvalue weighted by Gasteiger charge is 2.34. The Morgan fingerprint density at radius 2 is 1.90 bits per heavy atom. The lowest BCUT2D eigenvalue weighted by atomic mass is 10.0. The molecule has 2 saturated heterocycles. The number of hydrogen-bond donors (Lipinski definition) is 2. The van der Waals surface area contributed by atoms with E-state index in [1.54, 1.807) is 19.0 Å². The molecular formula is C21H31F2N5O3. The Hall–Kier alpha value is -2.46. The van der Waals surface area contributed by atoms with Crippen LogP contribution in [0.3, 0.4) is 0 Å². The van der Waals surface area contributed by atoms with Gasteiger partial charge in [0.25, 0.3) is 0 Å². The van der Waals surface area contributed by atoms with Gasteiger partial charge in [-0.3, -0.25) is 4.90 Å². The van der Waals surface area contributed by atoms with Gasteiger partial charge < -0.3 is 25.2 Å². The quantitative estimate of drug-likeness (QED) is 0.713. The molecule has 0 saturated carbocycles.